The Balaban J connectivity index is 1.79. The Hall–Kier alpha value is -1.95. The van der Waals surface area contributed by atoms with E-state index < -0.39 is 6.09 Å². The zero-order chi connectivity index (χ0) is 13.0. The quantitative estimate of drug-likeness (QED) is 0.758. The highest BCUT2D eigenvalue weighted by Gasteiger charge is 2.21. The van der Waals surface area contributed by atoms with E-state index in [-0.39, 0.29) is 11.9 Å². The van der Waals surface area contributed by atoms with Gasteiger partial charge in [0.15, 0.2) is 0 Å². The van der Waals surface area contributed by atoms with Gasteiger partial charge in [0.2, 0.25) is 0 Å². The van der Waals surface area contributed by atoms with Crippen molar-refractivity contribution < 1.29 is 19.7 Å². The van der Waals surface area contributed by atoms with Gasteiger partial charge >= 0.3 is 6.09 Å². The van der Waals surface area contributed by atoms with Crippen LogP contribution in [-0.2, 0) is 0 Å². The first-order chi connectivity index (χ1) is 8.63. The number of piperidine rings is 1. The number of hydrazine groups is 1. The fourth-order valence-corrected chi connectivity index (χ4v) is 1.94. The van der Waals surface area contributed by atoms with Crippen LogP contribution in [0.5, 0.6) is 11.5 Å². The number of nitrogens with zero attached hydrogens (tertiary/aromatic N) is 1. The second-order valence-electron chi connectivity index (χ2n) is 4.22. The second-order valence-corrected chi connectivity index (χ2v) is 4.22. The SMILES string of the molecule is O=C(O)NN1CCC(Oc2ccc(O)cc2)CC1. The third-order valence-corrected chi connectivity index (χ3v) is 2.84. The summed E-state index contributed by atoms with van der Waals surface area (Å²) in [4.78, 5) is 10.5. The number of aromatic hydroxyl groups is 1. The number of hydrogen-bond donors (Lipinski definition) is 3. The summed E-state index contributed by atoms with van der Waals surface area (Å²) in [5.74, 6) is 0.931. The molecule has 0 aliphatic carbocycles. The van der Waals surface area contributed by atoms with Gasteiger partial charge in [0.05, 0.1) is 0 Å². The van der Waals surface area contributed by atoms with Crippen molar-refractivity contribution in [2.24, 2.45) is 0 Å². The van der Waals surface area contributed by atoms with Crippen molar-refractivity contribution in [1.29, 1.82) is 0 Å². The lowest BCUT2D eigenvalue weighted by Crippen LogP contribution is -2.48. The molecule has 1 aromatic rings. The summed E-state index contributed by atoms with van der Waals surface area (Å²) >= 11 is 0. The van der Waals surface area contributed by atoms with E-state index in [9.17, 15) is 4.79 Å². The molecule has 6 heteroatoms. The Morgan fingerprint density at radius 2 is 1.89 bits per heavy atom. The lowest BCUT2D eigenvalue weighted by Gasteiger charge is -2.31. The summed E-state index contributed by atoms with van der Waals surface area (Å²) < 4.78 is 5.75. The maximum absolute atomic E-state index is 10.5. The Labute approximate surface area is 105 Å². The van der Waals surface area contributed by atoms with Gasteiger partial charge in [-0.25, -0.2) is 9.80 Å². The van der Waals surface area contributed by atoms with Gasteiger partial charge in [-0.3, -0.25) is 5.43 Å². The van der Waals surface area contributed by atoms with E-state index in [4.69, 9.17) is 14.9 Å². The summed E-state index contributed by atoms with van der Waals surface area (Å²) in [5.41, 5.74) is 2.33. The van der Waals surface area contributed by atoms with Crippen LogP contribution in [0.4, 0.5) is 4.79 Å². The molecule has 0 aromatic heterocycles. The second kappa shape index (κ2) is 5.59. The number of nitrogens with one attached hydrogen (secondary N) is 1. The average Bonchev–Trinajstić information content (AvgIpc) is 2.34. The molecule has 1 aromatic carbocycles. The van der Waals surface area contributed by atoms with Crippen LogP contribution in [0.2, 0.25) is 0 Å². The van der Waals surface area contributed by atoms with E-state index in [1.54, 1.807) is 29.3 Å². The van der Waals surface area contributed by atoms with Gasteiger partial charge in [-0.1, -0.05) is 0 Å². The van der Waals surface area contributed by atoms with E-state index in [1.807, 2.05) is 0 Å². The Bertz CT molecular complexity index is 399. The van der Waals surface area contributed by atoms with Crippen LogP contribution in [0, 0.1) is 0 Å². The summed E-state index contributed by atoms with van der Waals surface area (Å²) in [6.45, 7) is 1.27. The minimum Gasteiger partial charge on any atom is -0.508 e. The third-order valence-electron chi connectivity index (χ3n) is 2.84. The summed E-state index contributed by atoms with van der Waals surface area (Å²) in [6.07, 6.45) is 0.580. The van der Waals surface area contributed by atoms with Crippen LogP contribution in [0.1, 0.15) is 12.8 Å². The highest BCUT2D eigenvalue weighted by Crippen LogP contribution is 2.20. The van der Waals surface area contributed by atoms with E-state index in [0.717, 1.165) is 18.6 Å². The molecular weight excluding hydrogens is 236 g/mol. The van der Waals surface area contributed by atoms with Gasteiger partial charge < -0.3 is 14.9 Å². The van der Waals surface area contributed by atoms with Crippen molar-refractivity contribution in [3.63, 3.8) is 0 Å². The fraction of sp³-hybridized carbons (Fsp3) is 0.417. The van der Waals surface area contributed by atoms with E-state index >= 15 is 0 Å². The van der Waals surface area contributed by atoms with Gasteiger partial charge in [-0.05, 0) is 37.1 Å². The van der Waals surface area contributed by atoms with Gasteiger partial charge in [-0.15, -0.1) is 0 Å². The molecule has 1 aliphatic heterocycles. The fourth-order valence-electron chi connectivity index (χ4n) is 1.94. The van der Waals surface area contributed by atoms with Crippen LogP contribution < -0.4 is 10.2 Å². The lowest BCUT2D eigenvalue weighted by atomic mass is 10.1. The molecule has 0 radical (unpaired) electrons. The third kappa shape index (κ3) is 3.53. The van der Waals surface area contributed by atoms with Crippen molar-refractivity contribution in [1.82, 2.24) is 10.4 Å². The van der Waals surface area contributed by atoms with Crippen molar-refractivity contribution >= 4 is 6.09 Å². The highest BCUT2D eigenvalue weighted by molar-refractivity contribution is 5.63. The zero-order valence-electron chi connectivity index (χ0n) is 9.87. The van der Waals surface area contributed by atoms with Crippen LogP contribution in [0.15, 0.2) is 24.3 Å². The number of carboxylic acid groups (broad SMARTS) is 1. The summed E-state index contributed by atoms with van der Waals surface area (Å²) in [7, 11) is 0. The van der Waals surface area contributed by atoms with Crippen LogP contribution >= 0.6 is 0 Å². The predicted octanol–water partition coefficient (Wildman–Crippen LogP) is 1.42. The highest BCUT2D eigenvalue weighted by atomic mass is 16.5. The van der Waals surface area contributed by atoms with E-state index in [2.05, 4.69) is 5.43 Å². The van der Waals surface area contributed by atoms with Crippen LogP contribution in [0.25, 0.3) is 0 Å². The van der Waals surface area contributed by atoms with Gasteiger partial charge in [0.25, 0.3) is 0 Å². The van der Waals surface area contributed by atoms with Crippen molar-refractivity contribution in [2.45, 2.75) is 18.9 Å². The molecular formula is C12H16N2O4. The first kappa shape index (κ1) is 12.5. The molecule has 1 aliphatic rings. The maximum Gasteiger partial charge on any atom is 0.419 e. The molecule has 2 rings (SSSR count). The minimum atomic E-state index is -1.03. The lowest BCUT2D eigenvalue weighted by molar-refractivity contribution is 0.0679. The molecule has 0 bridgehead atoms. The number of benzene rings is 1. The average molecular weight is 252 g/mol. The first-order valence-corrected chi connectivity index (χ1v) is 5.84. The summed E-state index contributed by atoms with van der Waals surface area (Å²) in [6, 6.07) is 6.60. The predicted molar refractivity (Wildman–Crippen MR) is 64.5 cm³/mol. The number of phenols is 1. The van der Waals surface area contributed by atoms with Crippen LogP contribution in [0.3, 0.4) is 0 Å². The van der Waals surface area contributed by atoms with Crippen LogP contribution in [-0.4, -0.2) is 40.5 Å². The number of carbonyl (C=O) groups is 1. The molecule has 1 heterocycles. The molecule has 98 valence electrons. The topological polar surface area (TPSA) is 82.0 Å². The van der Waals surface area contributed by atoms with Crippen molar-refractivity contribution in [2.75, 3.05) is 13.1 Å². The summed E-state index contributed by atoms with van der Waals surface area (Å²) in [5, 5.41) is 19.4. The number of hydrogen-bond acceptors (Lipinski definition) is 4. The molecule has 1 amide bonds. The molecule has 6 nitrogen and oxygen atoms in total. The number of rotatable bonds is 3. The molecule has 0 atom stereocenters. The van der Waals surface area contributed by atoms with Gasteiger partial charge in [0.1, 0.15) is 17.6 Å². The maximum atomic E-state index is 10.5. The number of amides is 1. The number of phenolic OH excluding ortho intramolecular Hbond substituents is 1. The molecule has 0 unspecified atom stereocenters. The van der Waals surface area contributed by atoms with E-state index in [0.29, 0.717) is 13.1 Å². The number of ether oxygens (including phenoxy) is 1. The normalized spacial score (nSPS) is 17.3. The molecule has 3 N–H and O–H groups in total. The van der Waals surface area contributed by atoms with Crippen molar-refractivity contribution in [3.8, 4) is 11.5 Å². The van der Waals surface area contributed by atoms with Crippen molar-refractivity contribution in [3.05, 3.63) is 24.3 Å². The monoisotopic (exact) mass is 252 g/mol. The van der Waals surface area contributed by atoms with E-state index in [1.165, 1.54) is 0 Å². The largest absolute Gasteiger partial charge is 0.508 e. The first-order valence-electron chi connectivity index (χ1n) is 5.84. The van der Waals surface area contributed by atoms with Gasteiger partial charge in [-0.2, -0.15) is 0 Å². The zero-order valence-corrected chi connectivity index (χ0v) is 9.87. The molecule has 18 heavy (non-hydrogen) atoms. The Morgan fingerprint density at radius 3 is 2.44 bits per heavy atom. The Kier molecular flexibility index (Phi) is 3.88. The molecule has 1 fully saturated rings. The molecule has 1 saturated heterocycles. The smallest absolute Gasteiger partial charge is 0.419 e. The Morgan fingerprint density at radius 1 is 1.28 bits per heavy atom. The minimum absolute atomic E-state index is 0.0846. The van der Waals surface area contributed by atoms with Gasteiger partial charge in [0, 0.05) is 13.1 Å². The molecule has 0 spiro atoms. The molecule has 0 saturated carbocycles. The standard InChI is InChI=1S/C12H16N2O4/c15-9-1-3-10(4-2-9)18-11-5-7-14(8-6-11)13-12(16)17/h1-4,11,13,15H,5-8H2,(H,16,17).